The van der Waals surface area contributed by atoms with Crippen molar-refractivity contribution in [1.29, 1.82) is 0 Å². The Morgan fingerprint density at radius 2 is 1.86 bits per heavy atom. The van der Waals surface area contributed by atoms with Gasteiger partial charge in [-0.1, -0.05) is 0 Å². The molecule has 0 fully saturated rings. The van der Waals surface area contributed by atoms with Gasteiger partial charge in [-0.2, -0.15) is 0 Å². The molecule has 22 heavy (non-hydrogen) atoms. The van der Waals surface area contributed by atoms with Gasteiger partial charge in [-0.25, -0.2) is 0 Å². The van der Waals surface area contributed by atoms with Crippen molar-refractivity contribution in [2.45, 2.75) is 30.9 Å². The Balaban J connectivity index is 4.87. The Morgan fingerprint density at radius 1 is 1.32 bits per heavy atom. The van der Waals surface area contributed by atoms with Gasteiger partial charge in [0.25, 0.3) is 0 Å². The highest BCUT2D eigenvalue weighted by molar-refractivity contribution is 5.94. The summed E-state index contributed by atoms with van der Waals surface area (Å²) >= 11 is 0. The van der Waals surface area contributed by atoms with Crippen LogP contribution < -0.4 is 22.3 Å². The monoisotopic (exact) mass is 317 g/mol. The first-order chi connectivity index (χ1) is 9.87. The molecule has 0 radical (unpaired) electrons. The van der Waals surface area contributed by atoms with Crippen LogP contribution in [-0.2, 0) is 9.59 Å². The van der Waals surface area contributed by atoms with Gasteiger partial charge in [0.15, 0.2) is 17.3 Å². The van der Waals surface area contributed by atoms with Crippen molar-refractivity contribution in [3.63, 3.8) is 0 Å². The highest BCUT2D eigenvalue weighted by atomic mass is 16.4. The number of rotatable bonds is 10. The predicted molar refractivity (Wildman–Crippen MR) is 80.4 cm³/mol. The van der Waals surface area contributed by atoms with Crippen molar-refractivity contribution in [1.82, 2.24) is 0 Å². The Kier molecular flexibility index (Phi) is 7.44. The third-order valence-electron chi connectivity index (χ3n) is 2.94. The highest BCUT2D eigenvalue weighted by Crippen LogP contribution is 2.18. The van der Waals surface area contributed by atoms with Crippen LogP contribution >= 0.6 is 0 Å². The number of carboxylic acids is 1. The van der Waals surface area contributed by atoms with Crippen LogP contribution in [0.25, 0.3) is 0 Å². The number of carbonyl (C=O) groups excluding carboxylic acids is 2. The average Bonchev–Trinajstić information content (AvgIpc) is 2.29. The first-order valence-corrected chi connectivity index (χ1v) is 6.95. The van der Waals surface area contributed by atoms with E-state index in [2.05, 4.69) is 4.99 Å². The van der Waals surface area contributed by atoms with E-state index in [4.69, 9.17) is 17.2 Å². The van der Waals surface area contributed by atoms with Gasteiger partial charge in [0.05, 0.1) is 27.2 Å². The molecule has 0 bridgehead atoms. The number of quaternary nitrogens is 1. The zero-order chi connectivity index (χ0) is 17.6. The van der Waals surface area contributed by atoms with Crippen molar-refractivity contribution in [3.8, 4) is 0 Å². The Morgan fingerprint density at radius 3 is 2.27 bits per heavy atom. The van der Waals surface area contributed by atoms with Crippen LogP contribution in [0.5, 0.6) is 0 Å². The van der Waals surface area contributed by atoms with E-state index in [0.29, 0.717) is 13.0 Å². The average molecular weight is 317 g/mol. The molecule has 9 heteroatoms. The number of carboxylic acid groups (broad SMARTS) is 1. The molecule has 0 rings (SSSR count). The van der Waals surface area contributed by atoms with E-state index >= 15 is 0 Å². The van der Waals surface area contributed by atoms with Gasteiger partial charge in [-0.15, -0.1) is 0 Å². The van der Waals surface area contributed by atoms with Crippen molar-refractivity contribution in [3.05, 3.63) is 0 Å². The second-order valence-electron chi connectivity index (χ2n) is 6.45. The third-order valence-corrected chi connectivity index (χ3v) is 2.94. The minimum Gasteiger partial charge on any atom is -0.550 e. The normalized spacial score (nSPS) is 15.7. The lowest BCUT2D eigenvalue weighted by Crippen LogP contribution is -2.59. The van der Waals surface area contributed by atoms with Gasteiger partial charge >= 0.3 is 0 Å². The molecule has 9 nitrogen and oxygen atoms in total. The zero-order valence-corrected chi connectivity index (χ0v) is 13.4. The lowest BCUT2D eigenvalue weighted by atomic mass is 9.87. The standard InChI is InChI=1S/C13H27N5O4/c1-18(2,3)8-13(22,7-10(19)20)11(21)9(14)5-4-6-17-12(15)16/h9,22H,4-8,14H2,1-3H3,(H4-,15,16,17,19,20)/t9-,13?/m0/s1. The Hall–Kier alpha value is -1.71. The van der Waals surface area contributed by atoms with Gasteiger partial charge in [-0.3, -0.25) is 9.79 Å². The summed E-state index contributed by atoms with van der Waals surface area (Å²) in [5.41, 5.74) is 14.1. The van der Waals surface area contributed by atoms with Gasteiger partial charge < -0.3 is 36.7 Å². The first kappa shape index (κ1) is 20.3. The summed E-state index contributed by atoms with van der Waals surface area (Å²) in [6, 6.07) is -0.995. The largest absolute Gasteiger partial charge is 0.550 e. The predicted octanol–water partition coefficient (Wildman–Crippen LogP) is -3.49. The number of Topliss-reactive ketones (excluding diaryl/α,β-unsaturated/α-hetero) is 1. The molecular formula is C13H27N5O4. The van der Waals surface area contributed by atoms with Crippen LogP contribution in [0.15, 0.2) is 4.99 Å². The van der Waals surface area contributed by atoms with Crippen LogP contribution in [-0.4, -0.2) is 73.2 Å². The van der Waals surface area contributed by atoms with Gasteiger partial charge in [0.1, 0.15) is 6.54 Å². The van der Waals surface area contributed by atoms with E-state index in [0.717, 1.165) is 0 Å². The van der Waals surface area contributed by atoms with Crippen LogP contribution in [0.3, 0.4) is 0 Å². The number of aliphatic imine (C=N–C) groups is 1. The fourth-order valence-corrected chi connectivity index (χ4v) is 2.24. The lowest BCUT2D eigenvalue weighted by molar-refractivity contribution is -0.875. The number of aliphatic hydroxyl groups is 1. The smallest absolute Gasteiger partial charge is 0.187 e. The fourth-order valence-electron chi connectivity index (χ4n) is 2.24. The number of ketones is 1. The lowest BCUT2D eigenvalue weighted by Gasteiger charge is -2.36. The number of nitrogens with zero attached hydrogens (tertiary/aromatic N) is 2. The van der Waals surface area contributed by atoms with Gasteiger partial charge in [0.2, 0.25) is 0 Å². The number of likely N-dealkylation sites (N-methyl/N-ethyl adjacent to an activating group) is 1. The fraction of sp³-hybridized carbons (Fsp3) is 0.769. The van der Waals surface area contributed by atoms with Crippen molar-refractivity contribution >= 4 is 17.7 Å². The van der Waals surface area contributed by atoms with Crippen LogP contribution in [0.4, 0.5) is 0 Å². The van der Waals surface area contributed by atoms with E-state index in [-0.39, 0.29) is 23.4 Å². The summed E-state index contributed by atoms with van der Waals surface area (Å²) in [6.45, 7) is 0.221. The number of nitrogens with two attached hydrogens (primary N) is 3. The molecule has 0 aromatic rings. The topological polar surface area (TPSA) is 168 Å². The van der Waals surface area contributed by atoms with E-state index in [1.807, 2.05) is 0 Å². The number of guanidine groups is 1. The molecule has 0 aromatic carbocycles. The van der Waals surface area contributed by atoms with Gasteiger partial charge in [-0.05, 0) is 12.8 Å². The second kappa shape index (κ2) is 8.06. The summed E-state index contributed by atoms with van der Waals surface area (Å²) in [5.74, 6) is -2.27. The Labute approximate surface area is 130 Å². The number of hydrogen-bond acceptors (Lipinski definition) is 6. The molecule has 0 saturated carbocycles. The molecule has 0 spiro atoms. The van der Waals surface area contributed by atoms with Crippen LogP contribution in [0.1, 0.15) is 19.3 Å². The molecule has 1 unspecified atom stereocenters. The molecule has 0 heterocycles. The number of carbonyl (C=O) groups is 2. The SMILES string of the molecule is C[N+](C)(C)CC(O)(CC(=O)[O-])C(=O)[C@@H](N)CCCN=C(N)N. The maximum Gasteiger partial charge on any atom is 0.187 e. The second-order valence-corrected chi connectivity index (χ2v) is 6.45. The summed E-state index contributed by atoms with van der Waals surface area (Å²) in [6.07, 6.45) is -0.109. The quantitative estimate of drug-likeness (QED) is 0.140. The van der Waals surface area contributed by atoms with E-state index in [1.54, 1.807) is 21.1 Å². The summed E-state index contributed by atoms with van der Waals surface area (Å²) in [4.78, 5) is 27.0. The summed E-state index contributed by atoms with van der Waals surface area (Å²) in [7, 11) is 5.20. The van der Waals surface area contributed by atoms with Crippen LogP contribution in [0.2, 0.25) is 0 Å². The first-order valence-electron chi connectivity index (χ1n) is 6.95. The molecule has 0 saturated heterocycles. The summed E-state index contributed by atoms with van der Waals surface area (Å²) < 4.78 is 0.205. The van der Waals surface area contributed by atoms with Crippen molar-refractivity contribution < 1.29 is 24.3 Å². The minimum absolute atomic E-state index is 0.0570. The molecule has 0 aliphatic heterocycles. The molecule has 0 amide bonds. The van der Waals surface area contributed by atoms with E-state index < -0.39 is 29.8 Å². The number of hydrogen-bond donors (Lipinski definition) is 4. The molecule has 0 aromatic heterocycles. The summed E-state index contributed by atoms with van der Waals surface area (Å²) in [5, 5.41) is 21.3. The van der Waals surface area contributed by atoms with E-state index in [1.165, 1.54) is 0 Å². The maximum absolute atomic E-state index is 12.3. The molecule has 0 aliphatic rings. The molecular weight excluding hydrogens is 290 g/mol. The Bertz CT molecular complexity index is 429. The molecule has 128 valence electrons. The van der Waals surface area contributed by atoms with E-state index in [9.17, 15) is 19.8 Å². The number of aliphatic carboxylic acids is 1. The van der Waals surface area contributed by atoms with Gasteiger partial charge in [0, 0.05) is 18.9 Å². The maximum atomic E-state index is 12.3. The molecule has 7 N–H and O–H groups in total. The highest BCUT2D eigenvalue weighted by Gasteiger charge is 2.43. The molecule has 2 atom stereocenters. The van der Waals surface area contributed by atoms with Crippen molar-refractivity contribution in [2.24, 2.45) is 22.2 Å². The minimum atomic E-state index is -2.06. The van der Waals surface area contributed by atoms with Crippen molar-refractivity contribution in [2.75, 3.05) is 34.2 Å². The zero-order valence-electron chi connectivity index (χ0n) is 13.4. The molecule has 0 aliphatic carbocycles. The van der Waals surface area contributed by atoms with Crippen LogP contribution in [0, 0.1) is 0 Å². The third kappa shape index (κ3) is 7.91.